The number of aliphatic hydroxyl groups is 1. The Hall–Kier alpha value is -2.97. The summed E-state index contributed by atoms with van der Waals surface area (Å²) in [4.78, 5) is 10.8. The highest BCUT2D eigenvalue weighted by molar-refractivity contribution is 5.64. The van der Waals surface area contributed by atoms with E-state index in [-0.39, 0.29) is 17.3 Å². The molecule has 1 saturated carbocycles. The highest BCUT2D eigenvalue weighted by Gasteiger charge is 2.45. The molecule has 5 nitrogen and oxygen atoms in total. The topological polar surface area (TPSA) is 75.3 Å². The van der Waals surface area contributed by atoms with Crippen LogP contribution in [0.1, 0.15) is 43.0 Å². The number of hydrogen-bond acceptors (Lipinski definition) is 5. The summed E-state index contributed by atoms with van der Waals surface area (Å²) in [6.07, 6.45) is 6.34. The minimum absolute atomic E-state index is 0.0190. The molecule has 0 unspecified atom stereocenters. The maximum Gasteiger partial charge on any atom is 0.149 e. The number of piperidine rings is 1. The number of halogens is 3. The van der Waals surface area contributed by atoms with E-state index >= 15 is 4.39 Å². The zero-order valence-electron chi connectivity index (χ0n) is 19.6. The Morgan fingerprint density at radius 1 is 1.06 bits per heavy atom. The third kappa shape index (κ3) is 4.77. The highest BCUT2D eigenvalue weighted by Crippen LogP contribution is 2.47. The van der Waals surface area contributed by atoms with E-state index in [0.717, 1.165) is 36.8 Å². The van der Waals surface area contributed by atoms with E-state index in [1.807, 2.05) is 12.3 Å². The first-order valence-electron chi connectivity index (χ1n) is 12.1. The van der Waals surface area contributed by atoms with Crippen molar-refractivity contribution in [2.75, 3.05) is 18.0 Å². The van der Waals surface area contributed by atoms with Crippen molar-refractivity contribution in [2.45, 2.75) is 50.7 Å². The van der Waals surface area contributed by atoms with Crippen molar-refractivity contribution in [3.63, 3.8) is 0 Å². The molecule has 2 atom stereocenters. The molecule has 3 aromatic rings. The standard InChI is InChI=1S/C27H29F3N4O/c1-16-12-18(31)15-34(14-16)23-8-11-32-13-17(23)2-3-19-4-6-22(29)26(33-19)24-21(28)7-5-20(25(24)30)27(35)9-10-27/h4-8,11,13,16,18,35H,2-3,9-10,12,14-15,31H2,1H3/t16-,18+/m1/s1. The molecule has 0 spiro atoms. The summed E-state index contributed by atoms with van der Waals surface area (Å²) in [6, 6.07) is 7.08. The summed E-state index contributed by atoms with van der Waals surface area (Å²) in [7, 11) is 0. The van der Waals surface area contributed by atoms with Crippen molar-refractivity contribution >= 4 is 5.69 Å². The van der Waals surface area contributed by atoms with Crippen LogP contribution in [0, 0.1) is 23.4 Å². The van der Waals surface area contributed by atoms with Gasteiger partial charge in [-0.3, -0.25) is 4.98 Å². The maximum atomic E-state index is 15.2. The van der Waals surface area contributed by atoms with Gasteiger partial charge < -0.3 is 15.7 Å². The maximum absolute atomic E-state index is 15.2. The lowest BCUT2D eigenvalue weighted by Crippen LogP contribution is -2.46. The number of rotatable bonds is 6. The minimum Gasteiger partial charge on any atom is -0.385 e. The van der Waals surface area contributed by atoms with Crippen molar-refractivity contribution in [3.8, 4) is 11.3 Å². The molecule has 1 aromatic carbocycles. The second-order valence-electron chi connectivity index (χ2n) is 9.96. The zero-order chi connectivity index (χ0) is 24.7. The quantitative estimate of drug-likeness (QED) is 0.541. The van der Waals surface area contributed by atoms with Gasteiger partial charge in [0.1, 0.15) is 23.1 Å². The van der Waals surface area contributed by atoms with Crippen LogP contribution in [0.25, 0.3) is 11.3 Å². The molecular formula is C27H29F3N4O. The van der Waals surface area contributed by atoms with Crippen LogP contribution in [0.2, 0.25) is 0 Å². The monoisotopic (exact) mass is 482 g/mol. The molecule has 3 heterocycles. The number of hydrogen-bond donors (Lipinski definition) is 2. The lowest BCUT2D eigenvalue weighted by atomic mass is 9.95. The molecule has 8 heteroatoms. The fourth-order valence-electron chi connectivity index (χ4n) is 5.09. The molecule has 1 saturated heterocycles. The lowest BCUT2D eigenvalue weighted by molar-refractivity contribution is 0.146. The summed E-state index contributed by atoms with van der Waals surface area (Å²) < 4.78 is 44.6. The van der Waals surface area contributed by atoms with Gasteiger partial charge in [0, 0.05) is 48.5 Å². The molecular weight excluding hydrogens is 453 g/mol. The van der Waals surface area contributed by atoms with Crippen molar-refractivity contribution in [3.05, 3.63) is 77.0 Å². The molecule has 2 aromatic heterocycles. The molecule has 0 amide bonds. The summed E-state index contributed by atoms with van der Waals surface area (Å²) >= 11 is 0. The van der Waals surface area contributed by atoms with E-state index in [2.05, 4.69) is 21.8 Å². The van der Waals surface area contributed by atoms with E-state index in [1.54, 1.807) is 6.20 Å². The number of pyridine rings is 2. The second kappa shape index (κ2) is 9.24. The average Bonchev–Trinajstić information content (AvgIpc) is 3.56. The molecule has 0 bridgehead atoms. The van der Waals surface area contributed by atoms with Crippen LogP contribution in [0.5, 0.6) is 0 Å². The van der Waals surface area contributed by atoms with Crippen molar-refractivity contribution < 1.29 is 18.3 Å². The number of nitrogens with two attached hydrogens (primary N) is 1. The zero-order valence-corrected chi connectivity index (χ0v) is 19.6. The van der Waals surface area contributed by atoms with Gasteiger partial charge in [-0.2, -0.15) is 0 Å². The fourth-order valence-corrected chi connectivity index (χ4v) is 5.09. The minimum atomic E-state index is -1.31. The molecule has 35 heavy (non-hydrogen) atoms. The van der Waals surface area contributed by atoms with Gasteiger partial charge in [-0.25, -0.2) is 18.2 Å². The third-order valence-electron chi connectivity index (χ3n) is 7.02. The smallest absolute Gasteiger partial charge is 0.149 e. The Balaban J connectivity index is 1.41. The van der Waals surface area contributed by atoms with E-state index in [9.17, 15) is 13.9 Å². The number of nitrogens with zero attached hydrogens (tertiary/aromatic N) is 3. The van der Waals surface area contributed by atoms with Crippen LogP contribution < -0.4 is 10.6 Å². The third-order valence-corrected chi connectivity index (χ3v) is 7.02. The van der Waals surface area contributed by atoms with Gasteiger partial charge in [-0.15, -0.1) is 0 Å². The predicted octanol–water partition coefficient (Wildman–Crippen LogP) is 4.50. The van der Waals surface area contributed by atoms with Crippen molar-refractivity contribution in [2.24, 2.45) is 11.7 Å². The van der Waals surface area contributed by atoms with E-state index < -0.39 is 28.6 Å². The Morgan fingerprint density at radius 3 is 2.57 bits per heavy atom. The van der Waals surface area contributed by atoms with Gasteiger partial charge in [-0.1, -0.05) is 13.0 Å². The molecule has 2 fully saturated rings. The van der Waals surface area contributed by atoms with Crippen LogP contribution >= 0.6 is 0 Å². The van der Waals surface area contributed by atoms with E-state index in [4.69, 9.17) is 5.73 Å². The van der Waals surface area contributed by atoms with Crippen LogP contribution in [-0.2, 0) is 18.4 Å². The summed E-state index contributed by atoms with van der Waals surface area (Å²) in [5.41, 5.74) is 6.56. The van der Waals surface area contributed by atoms with Crippen LogP contribution in [-0.4, -0.2) is 34.2 Å². The second-order valence-corrected chi connectivity index (χ2v) is 9.96. The Labute approximate surface area is 202 Å². The van der Waals surface area contributed by atoms with Gasteiger partial charge in [-0.05, 0) is 67.9 Å². The first-order valence-corrected chi connectivity index (χ1v) is 12.1. The van der Waals surface area contributed by atoms with Gasteiger partial charge in [0.25, 0.3) is 0 Å². The molecule has 184 valence electrons. The highest BCUT2D eigenvalue weighted by atomic mass is 19.1. The summed E-state index contributed by atoms with van der Waals surface area (Å²) in [6.45, 7) is 3.86. The molecule has 1 aliphatic heterocycles. The number of anilines is 1. The van der Waals surface area contributed by atoms with E-state index in [0.29, 0.717) is 37.3 Å². The van der Waals surface area contributed by atoms with Gasteiger partial charge in [0.15, 0.2) is 0 Å². The number of benzene rings is 1. The molecule has 5 rings (SSSR count). The number of aromatic nitrogens is 2. The van der Waals surface area contributed by atoms with Crippen LogP contribution in [0.4, 0.5) is 18.9 Å². The summed E-state index contributed by atoms with van der Waals surface area (Å²) in [5.74, 6) is -2.21. The van der Waals surface area contributed by atoms with Crippen LogP contribution in [0.3, 0.4) is 0 Å². The Kier molecular flexibility index (Phi) is 6.27. The molecule has 2 aliphatic rings. The molecule has 1 aliphatic carbocycles. The Bertz CT molecular complexity index is 1240. The predicted molar refractivity (Wildman–Crippen MR) is 128 cm³/mol. The van der Waals surface area contributed by atoms with Crippen molar-refractivity contribution in [1.82, 2.24) is 9.97 Å². The first kappa shape index (κ1) is 23.8. The van der Waals surface area contributed by atoms with Gasteiger partial charge >= 0.3 is 0 Å². The van der Waals surface area contributed by atoms with Gasteiger partial charge in [0.2, 0.25) is 0 Å². The number of aryl methyl sites for hydroxylation is 2. The first-order chi connectivity index (χ1) is 16.7. The molecule has 0 radical (unpaired) electrons. The summed E-state index contributed by atoms with van der Waals surface area (Å²) in [5, 5.41) is 10.3. The largest absolute Gasteiger partial charge is 0.385 e. The lowest BCUT2D eigenvalue weighted by Gasteiger charge is -2.37. The normalized spacial score (nSPS) is 21.3. The van der Waals surface area contributed by atoms with Crippen LogP contribution in [0.15, 0.2) is 42.7 Å². The van der Waals surface area contributed by atoms with E-state index in [1.165, 1.54) is 18.2 Å². The molecule has 3 N–H and O–H groups in total. The SMILES string of the molecule is C[C@@H]1C[C@H](N)CN(c2ccncc2CCc2ccc(F)c(-c3c(F)ccc(C4(O)CC4)c3F)n2)C1. The fraction of sp³-hybridized carbons (Fsp3) is 0.407. The Morgan fingerprint density at radius 2 is 1.83 bits per heavy atom. The van der Waals surface area contributed by atoms with Crippen molar-refractivity contribution in [1.29, 1.82) is 0 Å². The van der Waals surface area contributed by atoms with Gasteiger partial charge in [0.05, 0.1) is 11.2 Å². The average molecular weight is 483 g/mol.